The third-order valence-electron chi connectivity index (χ3n) is 7.19. The van der Waals surface area contributed by atoms with E-state index >= 15 is 0 Å². The van der Waals surface area contributed by atoms with Crippen molar-refractivity contribution in [3.8, 4) is 0 Å². The van der Waals surface area contributed by atoms with E-state index < -0.39 is 17.9 Å². The first-order valence-corrected chi connectivity index (χ1v) is 11.5. The zero-order chi connectivity index (χ0) is 22.6. The maximum Gasteiger partial charge on any atom is 0.235 e. The van der Waals surface area contributed by atoms with Gasteiger partial charge in [-0.15, -0.1) is 0 Å². The van der Waals surface area contributed by atoms with Crippen molar-refractivity contribution in [3.05, 3.63) is 71.3 Å². The zero-order valence-electron chi connectivity index (χ0n) is 18.7. The van der Waals surface area contributed by atoms with Gasteiger partial charge in [0, 0.05) is 23.4 Å². The molecule has 4 unspecified atom stereocenters. The minimum Gasteiger partial charge on any atom is -0.352 e. The number of rotatable bonds is 5. The van der Waals surface area contributed by atoms with Crippen molar-refractivity contribution in [3.63, 3.8) is 0 Å². The molecular formula is C27H28N2O3. The molecule has 5 nitrogen and oxygen atoms in total. The second-order valence-electron chi connectivity index (χ2n) is 9.17. The van der Waals surface area contributed by atoms with Crippen LogP contribution in [0.3, 0.4) is 0 Å². The highest BCUT2D eigenvalue weighted by molar-refractivity contribution is 6.14. The van der Waals surface area contributed by atoms with Crippen LogP contribution in [-0.4, -0.2) is 41.1 Å². The molecule has 2 aromatic rings. The number of hydrogen-bond donors (Lipinski definition) is 0. The Kier molecular flexibility index (Phi) is 5.00. The molecule has 164 valence electrons. The van der Waals surface area contributed by atoms with Gasteiger partial charge < -0.3 is 4.90 Å². The number of carbonyl (C=O) groups excluding carboxylic acids is 3. The zero-order valence-corrected chi connectivity index (χ0v) is 18.7. The summed E-state index contributed by atoms with van der Waals surface area (Å²) in [6, 6.07) is 14.5. The number of para-hydroxylation sites is 1. The fraction of sp³-hybridized carbons (Fsp3) is 0.370. The summed E-state index contributed by atoms with van der Waals surface area (Å²) in [4.78, 5) is 44.3. The van der Waals surface area contributed by atoms with Crippen LogP contribution in [0.2, 0.25) is 0 Å². The van der Waals surface area contributed by atoms with Gasteiger partial charge in [0.2, 0.25) is 11.8 Å². The van der Waals surface area contributed by atoms with Crippen molar-refractivity contribution in [2.75, 3.05) is 11.4 Å². The summed E-state index contributed by atoms with van der Waals surface area (Å²) in [6.45, 7) is 6.49. The van der Waals surface area contributed by atoms with Crippen LogP contribution < -0.4 is 4.90 Å². The van der Waals surface area contributed by atoms with Gasteiger partial charge in [-0.05, 0) is 31.9 Å². The predicted octanol–water partition coefficient (Wildman–Crippen LogP) is 4.25. The first kappa shape index (κ1) is 20.7. The molecule has 2 fully saturated rings. The number of unbranched alkanes of at least 4 members (excludes halogenated alkanes) is 1. The van der Waals surface area contributed by atoms with Crippen LogP contribution in [0.25, 0.3) is 5.57 Å². The third kappa shape index (κ3) is 2.94. The van der Waals surface area contributed by atoms with Crippen molar-refractivity contribution in [2.45, 2.75) is 45.7 Å². The van der Waals surface area contributed by atoms with Gasteiger partial charge >= 0.3 is 0 Å². The van der Waals surface area contributed by atoms with Gasteiger partial charge in [0.05, 0.1) is 17.9 Å². The van der Waals surface area contributed by atoms with Gasteiger partial charge in [0.1, 0.15) is 6.04 Å². The summed E-state index contributed by atoms with van der Waals surface area (Å²) >= 11 is 0. The van der Waals surface area contributed by atoms with Crippen molar-refractivity contribution < 1.29 is 14.4 Å². The van der Waals surface area contributed by atoms with E-state index in [4.69, 9.17) is 0 Å². The number of ketones is 1. The molecule has 5 rings (SSSR count). The number of fused-ring (bicyclic) bond motifs is 5. The molecule has 3 heterocycles. The number of aryl methyl sites for hydroxylation is 1. The lowest BCUT2D eigenvalue weighted by Crippen LogP contribution is -2.49. The molecule has 0 spiro atoms. The Morgan fingerprint density at radius 1 is 0.938 bits per heavy atom. The Morgan fingerprint density at radius 2 is 1.62 bits per heavy atom. The Labute approximate surface area is 188 Å². The molecular weight excluding hydrogens is 400 g/mol. The number of allylic oxidation sites excluding steroid dienone is 1. The highest BCUT2D eigenvalue weighted by Gasteiger charge is 2.64. The minimum atomic E-state index is -0.693. The number of nitrogens with zero attached hydrogens (tertiary/aromatic N) is 2. The third-order valence-corrected chi connectivity index (χ3v) is 7.19. The first-order chi connectivity index (χ1) is 15.4. The average Bonchev–Trinajstić information content (AvgIpc) is 3.25. The molecule has 0 saturated carbocycles. The van der Waals surface area contributed by atoms with Crippen molar-refractivity contribution in [2.24, 2.45) is 11.8 Å². The summed E-state index contributed by atoms with van der Waals surface area (Å²) in [6.07, 6.45) is 3.76. The molecule has 0 bridgehead atoms. The molecule has 0 N–H and O–H groups in total. The first-order valence-electron chi connectivity index (χ1n) is 11.5. The molecule has 2 aromatic carbocycles. The van der Waals surface area contributed by atoms with Crippen LogP contribution in [0.15, 0.2) is 54.6 Å². The lowest BCUT2D eigenvalue weighted by Gasteiger charge is -2.38. The standard InChI is InChI=1S/C27H28N2O3/c1-4-5-14-28-26(31)22-21-15-17(3)19-8-6-7-9-20(19)29(21)24(23(22)27(28)32)25(30)18-12-10-16(2)11-13-18/h6-13,15,21-24H,4-5,14H2,1-3H3. The number of benzene rings is 2. The molecule has 2 amide bonds. The molecule has 2 saturated heterocycles. The normalized spacial score (nSPS) is 26.0. The van der Waals surface area contributed by atoms with E-state index in [0.717, 1.165) is 35.2 Å². The van der Waals surface area contributed by atoms with E-state index in [1.165, 1.54) is 4.90 Å². The summed E-state index contributed by atoms with van der Waals surface area (Å²) in [7, 11) is 0. The SMILES string of the molecule is CCCCN1C(=O)C2C(C1=O)C(C(=O)c1ccc(C)cc1)N1c3ccccc3C(C)=CC21. The fourth-order valence-corrected chi connectivity index (χ4v) is 5.58. The number of amides is 2. The summed E-state index contributed by atoms with van der Waals surface area (Å²) in [5.74, 6) is -1.61. The summed E-state index contributed by atoms with van der Waals surface area (Å²) < 4.78 is 0. The molecule has 0 aliphatic carbocycles. The van der Waals surface area contributed by atoms with E-state index in [1.807, 2.05) is 74.2 Å². The van der Waals surface area contributed by atoms with E-state index in [9.17, 15) is 14.4 Å². The maximum absolute atomic E-state index is 13.9. The number of Topliss-reactive ketones (excluding diaryl/α,β-unsaturated/α-hetero) is 1. The van der Waals surface area contributed by atoms with E-state index in [-0.39, 0.29) is 23.6 Å². The van der Waals surface area contributed by atoms with Gasteiger partial charge in [-0.2, -0.15) is 0 Å². The van der Waals surface area contributed by atoms with Crippen molar-refractivity contribution in [1.29, 1.82) is 0 Å². The molecule has 3 aliphatic rings. The van der Waals surface area contributed by atoms with Crippen LogP contribution in [-0.2, 0) is 9.59 Å². The Balaban J connectivity index is 1.64. The second-order valence-corrected chi connectivity index (χ2v) is 9.17. The smallest absolute Gasteiger partial charge is 0.235 e. The van der Waals surface area contributed by atoms with Crippen LogP contribution in [0.1, 0.15) is 48.2 Å². The van der Waals surface area contributed by atoms with Gasteiger partial charge in [-0.3, -0.25) is 19.3 Å². The fourth-order valence-electron chi connectivity index (χ4n) is 5.58. The molecule has 5 heteroatoms. The van der Waals surface area contributed by atoms with Gasteiger partial charge in [-0.25, -0.2) is 0 Å². The monoisotopic (exact) mass is 428 g/mol. The Morgan fingerprint density at radius 3 is 2.34 bits per heavy atom. The molecule has 0 aromatic heterocycles. The molecule has 3 aliphatic heterocycles. The van der Waals surface area contributed by atoms with Crippen molar-refractivity contribution in [1.82, 2.24) is 4.90 Å². The topological polar surface area (TPSA) is 57.7 Å². The van der Waals surface area contributed by atoms with Gasteiger partial charge in [-0.1, -0.05) is 67.4 Å². The number of hydrogen-bond acceptors (Lipinski definition) is 4. The lowest BCUT2D eigenvalue weighted by atomic mass is 9.85. The second kappa shape index (κ2) is 7.73. The largest absolute Gasteiger partial charge is 0.352 e. The quantitative estimate of drug-likeness (QED) is 0.528. The Bertz CT molecular complexity index is 1130. The molecule has 32 heavy (non-hydrogen) atoms. The molecule has 0 radical (unpaired) electrons. The number of carbonyl (C=O) groups is 3. The van der Waals surface area contributed by atoms with Crippen LogP contribution in [0.5, 0.6) is 0 Å². The highest BCUT2D eigenvalue weighted by atomic mass is 16.2. The van der Waals surface area contributed by atoms with Gasteiger partial charge in [0.25, 0.3) is 0 Å². The number of likely N-dealkylation sites (tertiary alicyclic amines) is 1. The highest BCUT2D eigenvalue weighted by Crippen LogP contribution is 2.50. The van der Waals surface area contributed by atoms with E-state index in [0.29, 0.717) is 12.1 Å². The molecule has 4 atom stereocenters. The lowest BCUT2D eigenvalue weighted by molar-refractivity contribution is -0.140. The van der Waals surface area contributed by atoms with E-state index in [1.54, 1.807) is 0 Å². The minimum absolute atomic E-state index is 0.0938. The van der Waals surface area contributed by atoms with Gasteiger partial charge in [0.15, 0.2) is 5.78 Å². The van der Waals surface area contributed by atoms with Crippen LogP contribution in [0.4, 0.5) is 5.69 Å². The van der Waals surface area contributed by atoms with Crippen LogP contribution in [0, 0.1) is 18.8 Å². The van der Waals surface area contributed by atoms with Crippen molar-refractivity contribution >= 4 is 28.9 Å². The maximum atomic E-state index is 13.9. The number of anilines is 1. The summed E-state index contributed by atoms with van der Waals surface area (Å²) in [5.41, 5.74) is 4.71. The van der Waals surface area contributed by atoms with E-state index in [2.05, 4.69) is 6.08 Å². The van der Waals surface area contributed by atoms with Crippen LogP contribution >= 0.6 is 0 Å². The average molecular weight is 429 g/mol. The number of imide groups is 1. The summed E-state index contributed by atoms with van der Waals surface area (Å²) in [5, 5.41) is 0. The predicted molar refractivity (Wildman–Crippen MR) is 124 cm³/mol. The Hall–Kier alpha value is -3.21.